The summed E-state index contributed by atoms with van der Waals surface area (Å²) in [7, 11) is 0. The third-order valence-electron chi connectivity index (χ3n) is 3.13. The van der Waals surface area contributed by atoms with Gasteiger partial charge in [-0.05, 0) is 24.3 Å². The zero-order valence-corrected chi connectivity index (χ0v) is 10.3. The predicted molar refractivity (Wildman–Crippen MR) is 74.6 cm³/mol. The second kappa shape index (κ2) is 4.61. The molecule has 1 N–H and O–H groups in total. The van der Waals surface area contributed by atoms with Crippen LogP contribution in [0.15, 0.2) is 60.7 Å². The van der Waals surface area contributed by atoms with Crippen molar-refractivity contribution >= 4 is 16.9 Å². The SMILES string of the molecule is O=C(O)Cc1cc2ccccc2n1-c1ccccc1. The van der Waals surface area contributed by atoms with Gasteiger partial charge in [-0.25, -0.2) is 0 Å². The molecule has 0 fully saturated rings. The molecule has 2 aromatic carbocycles. The summed E-state index contributed by atoms with van der Waals surface area (Å²) in [5.74, 6) is -0.819. The van der Waals surface area contributed by atoms with Gasteiger partial charge in [-0.3, -0.25) is 4.79 Å². The summed E-state index contributed by atoms with van der Waals surface area (Å²) in [5, 5.41) is 10.1. The zero-order valence-electron chi connectivity index (χ0n) is 10.3. The minimum Gasteiger partial charge on any atom is -0.481 e. The Morgan fingerprint density at radius 2 is 1.68 bits per heavy atom. The van der Waals surface area contributed by atoms with Crippen molar-refractivity contribution < 1.29 is 9.90 Å². The normalized spacial score (nSPS) is 10.7. The molecule has 19 heavy (non-hydrogen) atoms. The maximum Gasteiger partial charge on any atom is 0.309 e. The minimum atomic E-state index is -0.819. The van der Waals surface area contributed by atoms with Crippen molar-refractivity contribution in [3.8, 4) is 5.69 Å². The summed E-state index contributed by atoms with van der Waals surface area (Å²) in [6.45, 7) is 0. The molecule has 3 heteroatoms. The van der Waals surface area contributed by atoms with Crippen molar-refractivity contribution in [1.29, 1.82) is 0 Å². The van der Waals surface area contributed by atoms with Gasteiger partial charge in [0.25, 0.3) is 0 Å². The molecule has 1 aromatic heterocycles. The Kier molecular flexibility index (Phi) is 2.80. The number of hydrogen-bond donors (Lipinski definition) is 1. The molecule has 0 aliphatic carbocycles. The average molecular weight is 251 g/mol. The standard InChI is InChI=1S/C16H13NO2/c18-16(19)11-14-10-12-6-4-5-9-15(12)17(14)13-7-2-1-3-8-13/h1-10H,11H2,(H,18,19). The molecule has 0 aliphatic heterocycles. The lowest BCUT2D eigenvalue weighted by molar-refractivity contribution is -0.136. The third-order valence-corrected chi connectivity index (χ3v) is 3.13. The topological polar surface area (TPSA) is 42.2 Å². The number of carbonyl (C=O) groups is 1. The first-order valence-electron chi connectivity index (χ1n) is 6.12. The highest BCUT2D eigenvalue weighted by Gasteiger charge is 2.12. The third kappa shape index (κ3) is 2.10. The quantitative estimate of drug-likeness (QED) is 0.776. The number of aliphatic carboxylic acids is 1. The van der Waals surface area contributed by atoms with E-state index in [0.29, 0.717) is 0 Å². The summed E-state index contributed by atoms with van der Waals surface area (Å²) in [5.41, 5.74) is 2.81. The summed E-state index contributed by atoms with van der Waals surface area (Å²) in [6, 6.07) is 19.7. The molecule has 94 valence electrons. The highest BCUT2D eigenvalue weighted by Crippen LogP contribution is 2.24. The number of para-hydroxylation sites is 2. The van der Waals surface area contributed by atoms with E-state index in [1.165, 1.54) is 0 Å². The molecule has 0 saturated carbocycles. The Hall–Kier alpha value is -2.55. The van der Waals surface area contributed by atoms with Crippen LogP contribution in [-0.4, -0.2) is 15.6 Å². The summed E-state index contributed by atoms with van der Waals surface area (Å²) >= 11 is 0. The van der Waals surface area contributed by atoms with Gasteiger partial charge in [-0.1, -0.05) is 36.4 Å². The smallest absolute Gasteiger partial charge is 0.309 e. The number of hydrogen-bond acceptors (Lipinski definition) is 1. The van der Waals surface area contributed by atoms with Crippen molar-refractivity contribution in [2.45, 2.75) is 6.42 Å². The summed E-state index contributed by atoms with van der Waals surface area (Å²) in [4.78, 5) is 11.0. The van der Waals surface area contributed by atoms with E-state index < -0.39 is 5.97 Å². The molecule has 0 amide bonds. The molecule has 3 nitrogen and oxygen atoms in total. The molecule has 0 bridgehead atoms. The fourth-order valence-corrected chi connectivity index (χ4v) is 2.38. The van der Waals surface area contributed by atoms with E-state index in [0.717, 1.165) is 22.3 Å². The van der Waals surface area contributed by atoms with Crippen LogP contribution in [0, 0.1) is 0 Å². The number of carboxylic acids is 1. The molecule has 0 radical (unpaired) electrons. The van der Waals surface area contributed by atoms with E-state index in [1.54, 1.807) is 0 Å². The second-order valence-corrected chi connectivity index (χ2v) is 4.44. The van der Waals surface area contributed by atoms with Gasteiger partial charge in [0, 0.05) is 16.8 Å². The van der Waals surface area contributed by atoms with Crippen molar-refractivity contribution in [1.82, 2.24) is 4.57 Å². The fraction of sp³-hybridized carbons (Fsp3) is 0.0625. The summed E-state index contributed by atoms with van der Waals surface area (Å²) in [6.07, 6.45) is 0.0174. The number of rotatable bonds is 3. The Morgan fingerprint density at radius 3 is 2.42 bits per heavy atom. The van der Waals surface area contributed by atoms with E-state index in [-0.39, 0.29) is 6.42 Å². The molecular weight excluding hydrogens is 238 g/mol. The second-order valence-electron chi connectivity index (χ2n) is 4.44. The first-order valence-corrected chi connectivity index (χ1v) is 6.12. The van der Waals surface area contributed by atoms with Crippen molar-refractivity contribution in [3.63, 3.8) is 0 Å². The number of carboxylic acid groups (broad SMARTS) is 1. The van der Waals surface area contributed by atoms with Gasteiger partial charge in [-0.15, -0.1) is 0 Å². The van der Waals surface area contributed by atoms with Crippen molar-refractivity contribution in [2.75, 3.05) is 0 Å². The van der Waals surface area contributed by atoms with Crippen LogP contribution in [0.5, 0.6) is 0 Å². The lowest BCUT2D eigenvalue weighted by Gasteiger charge is -2.09. The van der Waals surface area contributed by atoms with Crippen LogP contribution in [0.3, 0.4) is 0 Å². The van der Waals surface area contributed by atoms with E-state index >= 15 is 0 Å². The van der Waals surface area contributed by atoms with Gasteiger partial charge in [0.15, 0.2) is 0 Å². The molecule has 3 rings (SSSR count). The number of fused-ring (bicyclic) bond motifs is 1. The van der Waals surface area contributed by atoms with E-state index in [4.69, 9.17) is 5.11 Å². The van der Waals surface area contributed by atoms with Crippen LogP contribution in [0.4, 0.5) is 0 Å². The number of nitrogens with zero attached hydrogens (tertiary/aromatic N) is 1. The monoisotopic (exact) mass is 251 g/mol. The lowest BCUT2D eigenvalue weighted by Crippen LogP contribution is -2.06. The van der Waals surface area contributed by atoms with Gasteiger partial charge in [0.1, 0.15) is 0 Å². The Labute approximate surface area is 110 Å². The molecule has 0 atom stereocenters. The number of aromatic nitrogens is 1. The van der Waals surface area contributed by atoms with Crippen LogP contribution >= 0.6 is 0 Å². The van der Waals surface area contributed by atoms with Gasteiger partial charge < -0.3 is 9.67 Å². The van der Waals surface area contributed by atoms with Gasteiger partial charge in [0.2, 0.25) is 0 Å². The van der Waals surface area contributed by atoms with E-state index in [1.807, 2.05) is 65.2 Å². The van der Waals surface area contributed by atoms with Crippen LogP contribution in [0.25, 0.3) is 16.6 Å². The van der Waals surface area contributed by atoms with Crippen LogP contribution in [0.2, 0.25) is 0 Å². The first kappa shape index (κ1) is 11.5. The summed E-state index contributed by atoms with van der Waals surface area (Å²) < 4.78 is 2.00. The molecule has 0 saturated heterocycles. The Morgan fingerprint density at radius 1 is 1.00 bits per heavy atom. The highest BCUT2D eigenvalue weighted by atomic mass is 16.4. The fourth-order valence-electron chi connectivity index (χ4n) is 2.38. The average Bonchev–Trinajstić information content (AvgIpc) is 2.76. The highest BCUT2D eigenvalue weighted by molar-refractivity contribution is 5.85. The maximum atomic E-state index is 11.0. The maximum absolute atomic E-state index is 11.0. The van der Waals surface area contributed by atoms with Gasteiger partial charge >= 0.3 is 5.97 Å². The predicted octanol–water partition coefficient (Wildman–Crippen LogP) is 3.26. The largest absolute Gasteiger partial charge is 0.481 e. The zero-order chi connectivity index (χ0) is 13.2. The minimum absolute atomic E-state index is 0.0174. The van der Waals surface area contributed by atoms with Gasteiger partial charge in [0.05, 0.1) is 11.9 Å². The van der Waals surface area contributed by atoms with Crippen molar-refractivity contribution in [2.24, 2.45) is 0 Å². The molecule has 0 unspecified atom stereocenters. The number of benzene rings is 2. The molecule has 1 heterocycles. The van der Waals surface area contributed by atoms with Crippen LogP contribution < -0.4 is 0 Å². The van der Waals surface area contributed by atoms with Crippen LogP contribution in [-0.2, 0) is 11.2 Å². The molecule has 0 aliphatic rings. The first-order chi connectivity index (χ1) is 9.25. The van der Waals surface area contributed by atoms with E-state index in [2.05, 4.69) is 0 Å². The molecular formula is C16H13NO2. The van der Waals surface area contributed by atoms with Gasteiger partial charge in [-0.2, -0.15) is 0 Å². The van der Waals surface area contributed by atoms with E-state index in [9.17, 15) is 4.79 Å². The molecule has 3 aromatic rings. The van der Waals surface area contributed by atoms with Crippen molar-refractivity contribution in [3.05, 3.63) is 66.4 Å². The Bertz CT molecular complexity index is 729. The Balaban J connectivity index is 2.27. The molecule has 0 spiro atoms. The lowest BCUT2D eigenvalue weighted by atomic mass is 10.2. The van der Waals surface area contributed by atoms with Crippen LogP contribution in [0.1, 0.15) is 5.69 Å².